The average molecular weight is 547 g/mol. The SMILES string of the molecule is Cc1c2c(c(CC(C)(C)C)c3c1sc1ccccc13)Sc1cc3cccc(CC(C)C)c3c3cc[n+](C)c-2c13. The monoisotopic (exact) mass is 546 g/mol. The number of aryl methyl sites for hydroxylation is 2. The highest BCUT2D eigenvalue weighted by molar-refractivity contribution is 8.00. The summed E-state index contributed by atoms with van der Waals surface area (Å²) in [6.45, 7) is 14.2. The molecule has 2 aromatic heterocycles. The molecule has 7 rings (SSSR count). The molecule has 6 aromatic rings. The predicted octanol–water partition coefficient (Wildman–Crippen LogP) is 10.4. The summed E-state index contributed by atoms with van der Waals surface area (Å²) in [6.07, 6.45) is 4.45. The van der Waals surface area contributed by atoms with E-state index in [0.29, 0.717) is 5.92 Å². The van der Waals surface area contributed by atoms with Crippen molar-refractivity contribution in [1.82, 2.24) is 0 Å². The Balaban J connectivity index is 1.66. The van der Waals surface area contributed by atoms with Gasteiger partial charge >= 0.3 is 0 Å². The van der Waals surface area contributed by atoms with Crippen LogP contribution < -0.4 is 4.57 Å². The predicted molar refractivity (Wildman–Crippen MR) is 172 cm³/mol. The normalized spacial score (nSPS) is 13.3. The summed E-state index contributed by atoms with van der Waals surface area (Å²) < 4.78 is 5.23. The summed E-state index contributed by atoms with van der Waals surface area (Å²) in [5, 5.41) is 8.51. The first-order valence-corrected chi connectivity index (χ1v) is 15.8. The van der Waals surface area contributed by atoms with Gasteiger partial charge in [-0.2, -0.15) is 0 Å². The molecule has 39 heavy (non-hydrogen) atoms. The molecule has 0 fully saturated rings. The second-order valence-corrected chi connectivity index (χ2v) is 15.1. The lowest BCUT2D eigenvalue weighted by Gasteiger charge is -2.27. The molecular formula is C36H36NS2+. The fourth-order valence-electron chi connectivity index (χ4n) is 6.74. The fourth-order valence-corrected chi connectivity index (χ4v) is 9.34. The highest BCUT2D eigenvalue weighted by Gasteiger charge is 2.34. The Kier molecular flexibility index (Phi) is 5.67. The zero-order valence-electron chi connectivity index (χ0n) is 24.0. The second-order valence-electron chi connectivity index (χ2n) is 13.0. The van der Waals surface area contributed by atoms with Gasteiger partial charge in [0.05, 0.1) is 10.9 Å². The van der Waals surface area contributed by atoms with Crippen LogP contribution in [0.2, 0.25) is 0 Å². The molecule has 196 valence electrons. The number of nitrogens with zero attached hydrogens (tertiary/aromatic N) is 1. The number of rotatable bonds is 3. The van der Waals surface area contributed by atoms with Gasteiger partial charge in [0.2, 0.25) is 5.69 Å². The first kappa shape index (κ1) is 25.1. The van der Waals surface area contributed by atoms with Gasteiger partial charge in [-0.15, -0.1) is 11.3 Å². The quantitative estimate of drug-likeness (QED) is 0.157. The lowest BCUT2D eigenvalue weighted by molar-refractivity contribution is -0.659. The van der Waals surface area contributed by atoms with Crippen LogP contribution in [0.1, 0.15) is 51.3 Å². The van der Waals surface area contributed by atoms with E-state index in [2.05, 4.69) is 114 Å². The molecule has 0 saturated heterocycles. The number of hydrogen-bond donors (Lipinski definition) is 0. The first-order chi connectivity index (χ1) is 18.6. The van der Waals surface area contributed by atoms with Crippen molar-refractivity contribution >= 4 is 64.8 Å². The van der Waals surface area contributed by atoms with Crippen LogP contribution in [-0.4, -0.2) is 0 Å². The summed E-state index contributed by atoms with van der Waals surface area (Å²) in [6, 6.07) is 20.8. The van der Waals surface area contributed by atoms with Crippen molar-refractivity contribution in [3.05, 3.63) is 77.5 Å². The van der Waals surface area contributed by atoms with Crippen molar-refractivity contribution in [3.63, 3.8) is 0 Å². The Bertz CT molecular complexity index is 1970. The van der Waals surface area contributed by atoms with E-state index in [0.717, 1.165) is 12.8 Å². The van der Waals surface area contributed by atoms with E-state index >= 15 is 0 Å². The average Bonchev–Trinajstić information content (AvgIpc) is 3.27. The summed E-state index contributed by atoms with van der Waals surface area (Å²) in [7, 11) is 2.24. The minimum absolute atomic E-state index is 0.184. The molecule has 0 saturated carbocycles. The molecule has 1 aliphatic heterocycles. The third-order valence-corrected chi connectivity index (χ3v) is 10.7. The molecule has 0 bridgehead atoms. The molecular weight excluding hydrogens is 511 g/mol. The van der Waals surface area contributed by atoms with Gasteiger partial charge in [0.25, 0.3) is 0 Å². The molecule has 0 atom stereocenters. The largest absolute Gasteiger partial charge is 0.222 e. The van der Waals surface area contributed by atoms with Gasteiger partial charge in [-0.25, -0.2) is 4.57 Å². The minimum Gasteiger partial charge on any atom is -0.200 e. The Morgan fingerprint density at radius 3 is 2.46 bits per heavy atom. The van der Waals surface area contributed by atoms with Crippen LogP contribution in [0, 0.1) is 18.3 Å². The highest BCUT2D eigenvalue weighted by atomic mass is 32.2. The summed E-state index contributed by atoms with van der Waals surface area (Å²) >= 11 is 3.99. The van der Waals surface area contributed by atoms with E-state index in [-0.39, 0.29) is 5.41 Å². The third-order valence-electron chi connectivity index (χ3n) is 8.21. The van der Waals surface area contributed by atoms with Crippen LogP contribution in [0.15, 0.2) is 70.6 Å². The lowest BCUT2D eigenvalue weighted by atomic mass is 9.83. The third kappa shape index (κ3) is 3.84. The maximum Gasteiger partial charge on any atom is 0.222 e. The Labute approximate surface area is 239 Å². The van der Waals surface area contributed by atoms with Gasteiger partial charge < -0.3 is 0 Å². The van der Waals surface area contributed by atoms with E-state index in [4.69, 9.17) is 0 Å². The molecule has 0 aliphatic carbocycles. The maximum absolute atomic E-state index is 2.48. The van der Waals surface area contributed by atoms with Gasteiger partial charge in [0, 0.05) is 41.4 Å². The topological polar surface area (TPSA) is 3.88 Å². The molecule has 0 amide bonds. The van der Waals surface area contributed by atoms with Crippen LogP contribution in [0.5, 0.6) is 0 Å². The fraction of sp³-hybridized carbons (Fsp3) is 0.306. The maximum atomic E-state index is 2.48. The van der Waals surface area contributed by atoms with Gasteiger partial charge in [0.1, 0.15) is 7.05 Å². The number of pyridine rings is 1. The summed E-state index contributed by atoms with van der Waals surface area (Å²) in [4.78, 5) is 2.86. The molecule has 0 radical (unpaired) electrons. The van der Waals surface area contributed by atoms with Crippen molar-refractivity contribution in [3.8, 4) is 11.3 Å². The number of aromatic nitrogens is 1. The molecule has 0 spiro atoms. The summed E-state index contributed by atoms with van der Waals surface area (Å²) in [5.74, 6) is 0.621. The number of fused-ring (bicyclic) bond motifs is 7. The van der Waals surface area contributed by atoms with Gasteiger partial charge in [-0.05, 0) is 70.7 Å². The van der Waals surface area contributed by atoms with E-state index in [1.54, 1.807) is 0 Å². The molecule has 4 aromatic carbocycles. The first-order valence-electron chi connectivity index (χ1n) is 14.1. The molecule has 3 heterocycles. The van der Waals surface area contributed by atoms with Crippen molar-refractivity contribution in [1.29, 1.82) is 0 Å². The Morgan fingerprint density at radius 2 is 1.69 bits per heavy atom. The minimum atomic E-state index is 0.184. The highest BCUT2D eigenvalue weighted by Crippen LogP contribution is 2.55. The smallest absolute Gasteiger partial charge is 0.200 e. The van der Waals surface area contributed by atoms with Crippen LogP contribution >= 0.6 is 23.1 Å². The number of hydrogen-bond acceptors (Lipinski definition) is 2. The van der Waals surface area contributed by atoms with E-state index in [9.17, 15) is 0 Å². The van der Waals surface area contributed by atoms with Crippen molar-refractivity contribution in [2.45, 2.75) is 64.2 Å². The van der Waals surface area contributed by atoms with Crippen LogP contribution in [-0.2, 0) is 19.9 Å². The van der Waals surface area contributed by atoms with Crippen molar-refractivity contribution in [2.24, 2.45) is 18.4 Å². The zero-order chi connectivity index (χ0) is 27.2. The van der Waals surface area contributed by atoms with Gasteiger partial charge in [-0.3, -0.25) is 0 Å². The Hall–Kier alpha value is -2.88. The lowest BCUT2D eigenvalue weighted by Crippen LogP contribution is -2.32. The van der Waals surface area contributed by atoms with Crippen LogP contribution in [0.3, 0.4) is 0 Å². The number of thiophene rings is 1. The van der Waals surface area contributed by atoms with Crippen molar-refractivity contribution in [2.75, 3.05) is 0 Å². The van der Waals surface area contributed by atoms with Gasteiger partial charge in [-0.1, -0.05) is 82.8 Å². The zero-order valence-corrected chi connectivity index (χ0v) is 25.7. The molecule has 0 unspecified atom stereocenters. The van der Waals surface area contributed by atoms with E-state index < -0.39 is 0 Å². The van der Waals surface area contributed by atoms with Crippen LogP contribution in [0.25, 0.3) is 53.0 Å². The molecule has 3 heteroatoms. The standard InChI is InChI=1S/C36H36NS2/c1-20(2)17-22-11-10-12-23-18-28-32-25(30(22)23)15-16-37(7)33(32)29-21(3)34-31(24-13-8-9-14-27(24)38-34)26(35(29)39-28)19-36(4,5)6/h8-16,18,20H,17,19H2,1-7H3/q+1. The Morgan fingerprint density at radius 1 is 0.897 bits per heavy atom. The van der Waals surface area contributed by atoms with Crippen molar-refractivity contribution < 1.29 is 4.57 Å². The van der Waals surface area contributed by atoms with E-state index in [1.165, 1.54) is 79.5 Å². The number of benzene rings is 4. The molecule has 1 nitrogen and oxygen atoms in total. The molecule has 0 N–H and O–H groups in total. The van der Waals surface area contributed by atoms with Crippen LogP contribution in [0.4, 0.5) is 0 Å². The summed E-state index contributed by atoms with van der Waals surface area (Å²) in [5.41, 5.74) is 7.43. The second kappa shape index (κ2) is 8.81. The van der Waals surface area contributed by atoms with Gasteiger partial charge in [0.15, 0.2) is 6.20 Å². The van der Waals surface area contributed by atoms with E-state index in [1.807, 2.05) is 23.1 Å². The molecule has 1 aliphatic rings.